The second kappa shape index (κ2) is 8.30. The number of benzene rings is 1. The molecule has 140 valence electrons. The molecular weight excluding hydrogens is 372 g/mol. The molecule has 1 aromatic carbocycles. The maximum absolute atomic E-state index is 12.5. The molecule has 1 atom stereocenters. The highest BCUT2D eigenvalue weighted by Crippen LogP contribution is 2.21. The number of hydrogen-bond donors (Lipinski definition) is 1. The van der Waals surface area contributed by atoms with Gasteiger partial charge >= 0.3 is 0 Å². The summed E-state index contributed by atoms with van der Waals surface area (Å²) in [5, 5.41) is 6.78. The number of carbonyl (C=O) groups is 1. The maximum atomic E-state index is 12.5. The fourth-order valence-electron chi connectivity index (χ4n) is 2.94. The zero-order valence-corrected chi connectivity index (χ0v) is 16.2. The lowest BCUT2D eigenvalue weighted by Crippen LogP contribution is -2.29. The van der Waals surface area contributed by atoms with Gasteiger partial charge < -0.3 is 10.1 Å². The van der Waals surface area contributed by atoms with E-state index in [4.69, 9.17) is 4.74 Å². The van der Waals surface area contributed by atoms with Gasteiger partial charge in [0, 0.05) is 32.3 Å². The maximum Gasteiger partial charge on any atom is 0.251 e. The molecule has 1 amide bonds. The number of carbonyl (C=O) groups excluding carboxylic acids is 1. The zero-order valence-electron chi connectivity index (χ0n) is 14.6. The van der Waals surface area contributed by atoms with Crippen molar-refractivity contribution in [3.8, 4) is 0 Å². The first-order valence-corrected chi connectivity index (χ1v) is 10.8. The van der Waals surface area contributed by atoms with E-state index in [1.165, 1.54) is 16.4 Å². The Morgan fingerprint density at radius 1 is 1.23 bits per heavy atom. The fourth-order valence-corrected chi connectivity index (χ4v) is 5.16. The molecular formula is C18H22N2O4S2. The van der Waals surface area contributed by atoms with Crippen LogP contribution in [0.5, 0.6) is 0 Å². The molecule has 1 aliphatic rings. The summed E-state index contributed by atoms with van der Waals surface area (Å²) in [6.45, 7) is 1.47. The Bertz CT molecular complexity index is 827. The number of nitrogens with zero attached hydrogens (tertiary/aromatic N) is 1. The summed E-state index contributed by atoms with van der Waals surface area (Å²) in [7, 11) is -1.85. The van der Waals surface area contributed by atoms with Crippen LogP contribution in [0.4, 0.5) is 0 Å². The second-order valence-corrected chi connectivity index (χ2v) is 8.84. The van der Waals surface area contributed by atoms with Crippen LogP contribution in [-0.4, -0.2) is 45.4 Å². The van der Waals surface area contributed by atoms with E-state index in [0.717, 1.165) is 18.4 Å². The predicted octanol–water partition coefficient (Wildman–Crippen LogP) is 2.65. The number of ether oxygens (including phenoxy) is 1. The number of thiophene rings is 1. The van der Waals surface area contributed by atoms with E-state index in [1.54, 1.807) is 30.6 Å². The van der Waals surface area contributed by atoms with Gasteiger partial charge in [0.2, 0.25) is 10.0 Å². The highest BCUT2D eigenvalue weighted by atomic mass is 32.2. The molecule has 3 rings (SSSR count). The van der Waals surface area contributed by atoms with Gasteiger partial charge in [-0.1, -0.05) is 0 Å². The number of hydrogen-bond acceptors (Lipinski definition) is 5. The highest BCUT2D eigenvalue weighted by molar-refractivity contribution is 7.89. The third-order valence-corrected chi connectivity index (χ3v) is 7.08. The lowest BCUT2D eigenvalue weighted by atomic mass is 10.1. The Morgan fingerprint density at radius 3 is 2.50 bits per heavy atom. The number of nitrogens with one attached hydrogen (secondary N) is 1. The molecule has 0 spiro atoms. The van der Waals surface area contributed by atoms with Crippen LogP contribution in [0.15, 0.2) is 46.0 Å². The first-order valence-electron chi connectivity index (χ1n) is 8.45. The molecule has 8 heteroatoms. The van der Waals surface area contributed by atoms with E-state index in [2.05, 4.69) is 5.32 Å². The van der Waals surface area contributed by atoms with Crippen LogP contribution in [0, 0.1) is 0 Å². The third-order valence-electron chi connectivity index (χ3n) is 4.47. The molecule has 1 aromatic heterocycles. The van der Waals surface area contributed by atoms with E-state index in [0.29, 0.717) is 25.2 Å². The smallest absolute Gasteiger partial charge is 0.251 e. The van der Waals surface area contributed by atoms with Crippen LogP contribution in [0.25, 0.3) is 0 Å². The highest BCUT2D eigenvalue weighted by Gasteiger charge is 2.27. The van der Waals surface area contributed by atoms with Crippen molar-refractivity contribution in [3.63, 3.8) is 0 Å². The lowest BCUT2D eigenvalue weighted by Gasteiger charge is -2.16. The van der Waals surface area contributed by atoms with Gasteiger partial charge in [0.15, 0.2) is 0 Å². The minimum absolute atomic E-state index is 0.208. The Balaban J connectivity index is 1.63. The van der Waals surface area contributed by atoms with E-state index >= 15 is 0 Å². The normalized spacial score (nSPS) is 16.5. The van der Waals surface area contributed by atoms with Crippen LogP contribution in [0.1, 0.15) is 34.9 Å². The average Bonchev–Trinajstić information content (AvgIpc) is 3.36. The third kappa shape index (κ3) is 4.15. The fraction of sp³-hybridized carbons (Fsp3) is 0.389. The average molecular weight is 395 g/mol. The zero-order chi connectivity index (χ0) is 18.6. The van der Waals surface area contributed by atoms with Crippen molar-refractivity contribution < 1.29 is 17.9 Å². The summed E-state index contributed by atoms with van der Waals surface area (Å²) in [5.74, 6) is -0.257. The molecule has 2 heterocycles. The summed E-state index contributed by atoms with van der Waals surface area (Å²) in [4.78, 5) is 12.6. The van der Waals surface area contributed by atoms with Gasteiger partial charge in [0.1, 0.15) is 6.10 Å². The SMILES string of the molecule is COC(CNC(=O)c1ccc(S(=O)(=O)N2CCCC2)cc1)c1ccsc1. The molecule has 6 nitrogen and oxygen atoms in total. The first-order chi connectivity index (χ1) is 12.5. The summed E-state index contributed by atoms with van der Waals surface area (Å²) >= 11 is 1.57. The van der Waals surface area contributed by atoms with Gasteiger partial charge in [-0.2, -0.15) is 15.6 Å². The molecule has 0 saturated carbocycles. The molecule has 26 heavy (non-hydrogen) atoms. The van der Waals surface area contributed by atoms with Crippen LogP contribution in [0.3, 0.4) is 0 Å². The van der Waals surface area contributed by atoms with Crippen LogP contribution >= 0.6 is 11.3 Å². The second-order valence-electron chi connectivity index (χ2n) is 6.13. The van der Waals surface area contributed by atoms with Gasteiger partial charge in [-0.15, -0.1) is 0 Å². The minimum atomic E-state index is -3.46. The van der Waals surface area contributed by atoms with E-state index in [9.17, 15) is 13.2 Å². The summed E-state index contributed by atoms with van der Waals surface area (Å²) in [5.41, 5.74) is 1.44. The van der Waals surface area contributed by atoms with Gasteiger partial charge in [-0.05, 0) is 59.5 Å². The summed E-state index contributed by atoms with van der Waals surface area (Å²) in [6, 6.07) is 8.04. The Kier molecular flexibility index (Phi) is 6.08. The molecule has 0 aliphatic carbocycles. The van der Waals surface area contributed by atoms with E-state index in [1.807, 2.05) is 16.8 Å². The molecule has 1 N–H and O–H groups in total. The van der Waals surface area contributed by atoms with E-state index < -0.39 is 10.0 Å². The Hall–Kier alpha value is -1.74. The van der Waals surface area contributed by atoms with Crippen molar-refractivity contribution in [2.24, 2.45) is 0 Å². The predicted molar refractivity (Wildman–Crippen MR) is 101 cm³/mol. The number of amides is 1. The first kappa shape index (κ1) is 19.0. The standard InChI is InChI=1S/C18H22N2O4S2/c1-24-17(15-8-11-25-13-15)12-19-18(21)14-4-6-16(7-5-14)26(22,23)20-9-2-3-10-20/h4-8,11,13,17H,2-3,9-10,12H2,1H3,(H,19,21). The largest absolute Gasteiger partial charge is 0.375 e. The Morgan fingerprint density at radius 2 is 1.92 bits per heavy atom. The number of sulfonamides is 1. The topological polar surface area (TPSA) is 75.7 Å². The molecule has 1 unspecified atom stereocenters. The molecule has 1 aliphatic heterocycles. The molecule has 1 fully saturated rings. The number of rotatable bonds is 7. The van der Waals surface area contributed by atoms with Crippen LogP contribution in [0.2, 0.25) is 0 Å². The molecule has 2 aromatic rings. The Labute approximate surface area is 157 Å². The van der Waals surface area contributed by atoms with E-state index in [-0.39, 0.29) is 16.9 Å². The van der Waals surface area contributed by atoms with Crippen molar-refractivity contribution in [1.82, 2.24) is 9.62 Å². The van der Waals surface area contributed by atoms with Gasteiger partial charge in [-0.25, -0.2) is 8.42 Å². The van der Waals surface area contributed by atoms with Crippen molar-refractivity contribution in [3.05, 3.63) is 52.2 Å². The molecule has 0 bridgehead atoms. The summed E-state index contributed by atoms with van der Waals surface area (Å²) in [6.07, 6.45) is 1.58. The molecule has 0 radical (unpaired) electrons. The number of methoxy groups -OCH3 is 1. The van der Waals surface area contributed by atoms with Gasteiger partial charge in [0.05, 0.1) is 4.90 Å². The van der Waals surface area contributed by atoms with Crippen molar-refractivity contribution in [1.29, 1.82) is 0 Å². The summed E-state index contributed by atoms with van der Waals surface area (Å²) < 4.78 is 31.9. The lowest BCUT2D eigenvalue weighted by molar-refractivity contribution is 0.0829. The van der Waals surface area contributed by atoms with Crippen molar-refractivity contribution in [2.45, 2.75) is 23.8 Å². The molecule has 1 saturated heterocycles. The quantitative estimate of drug-likeness (QED) is 0.783. The van der Waals surface area contributed by atoms with Crippen molar-refractivity contribution >= 4 is 27.3 Å². The van der Waals surface area contributed by atoms with Crippen LogP contribution in [-0.2, 0) is 14.8 Å². The minimum Gasteiger partial charge on any atom is -0.375 e. The monoisotopic (exact) mass is 394 g/mol. The van der Waals surface area contributed by atoms with Crippen molar-refractivity contribution in [2.75, 3.05) is 26.7 Å². The van der Waals surface area contributed by atoms with Gasteiger partial charge in [0.25, 0.3) is 5.91 Å². The van der Waals surface area contributed by atoms with Crippen LogP contribution < -0.4 is 5.32 Å². The van der Waals surface area contributed by atoms with Gasteiger partial charge in [-0.3, -0.25) is 4.79 Å².